The monoisotopic (exact) mass is 287 g/mol. The summed E-state index contributed by atoms with van der Waals surface area (Å²) < 4.78 is 30.8. The predicted molar refractivity (Wildman–Crippen MR) is 55.9 cm³/mol. The third kappa shape index (κ3) is 3.08. The van der Waals surface area contributed by atoms with Crippen LogP contribution in [0.4, 0.5) is 8.78 Å². The van der Waals surface area contributed by atoms with Crippen LogP contribution >= 0.6 is 28.3 Å². The van der Waals surface area contributed by atoms with E-state index in [0.717, 1.165) is 0 Å². The van der Waals surface area contributed by atoms with Gasteiger partial charge in [0.1, 0.15) is 6.61 Å². The first kappa shape index (κ1) is 13.6. The molecular formula is C8H9BrClF2NO. The van der Waals surface area contributed by atoms with Crippen LogP contribution in [0.15, 0.2) is 16.6 Å². The Bertz CT molecular complexity index is 312. The Kier molecular flexibility index (Phi) is 5.99. The molecule has 0 unspecified atom stereocenters. The van der Waals surface area contributed by atoms with Crippen molar-refractivity contribution in [2.24, 2.45) is 5.73 Å². The molecule has 1 aromatic carbocycles. The van der Waals surface area contributed by atoms with Gasteiger partial charge in [-0.3, -0.25) is 0 Å². The molecular weight excluding hydrogens is 279 g/mol. The zero-order chi connectivity index (χ0) is 9.84. The van der Waals surface area contributed by atoms with E-state index in [4.69, 9.17) is 10.5 Å². The average Bonchev–Trinajstić information content (AvgIpc) is 2.13. The number of halogens is 4. The molecule has 0 aliphatic rings. The minimum Gasteiger partial charge on any atom is -0.489 e. The molecule has 0 saturated heterocycles. The number of rotatable bonds is 3. The second-order valence-corrected chi connectivity index (χ2v) is 3.16. The molecule has 2 nitrogen and oxygen atoms in total. The van der Waals surface area contributed by atoms with Crippen molar-refractivity contribution in [1.29, 1.82) is 0 Å². The fourth-order valence-electron chi connectivity index (χ4n) is 0.789. The molecule has 1 rings (SSSR count). The van der Waals surface area contributed by atoms with Gasteiger partial charge in [0.05, 0.1) is 4.47 Å². The predicted octanol–water partition coefficient (Wildman–Crippen LogP) is 2.49. The summed E-state index contributed by atoms with van der Waals surface area (Å²) >= 11 is 2.85. The van der Waals surface area contributed by atoms with Gasteiger partial charge in [-0.05, 0) is 28.1 Å². The number of benzene rings is 1. The van der Waals surface area contributed by atoms with E-state index in [1.807, 2.05) is 0 Å². The number of nitrogens with two attached hydrogens (primary N) is 1. The van der Waals surface area contributed by atoms with Gasteiger partial charge in [-0.1, -0.05) is 0 Å². The van der Waals surface area contributed by atoms with Crippen LogP contribution in [0.5, 0.6) is 5.75 Å². The van der Waals surface area contributed by atoms with E-state index in [1.54, 1.807) is 0 Å². The van der Waals surface area contributed by atoms with Gasteiger partial charge in [-0.25, -0.2) is 4.39 Å². The molecule has 0 bridgehead atoms. The van der Waals surface area contributed by atoms with Gasteiger partial charge in [0.15, 0.2) is 11.6 Å². The maximum Gasteiger partial charge on any atom is 0.201 e. The molecule has 6 heteroatoms. The number of hydrogen-bond acceptors (Lipinski definition) is 2. The van der Waals surface area contributed by atoms with E-state index in [2.05, 4.69) is 15.9 Å². The SMILES string of the molecule is Cl.NCCOc1ccc(Br)c(F)c1F. The lowest BCUT2D eigenvalue weighted by Gasteiger charge is -2.06. The van der Waals surface area contributed by atoms with Crippen molar-refractivity contribution < 1.29 is 13.5 Å². The molecule has 14 heavy (non-hydrogen) atoms. The number of hydrogen-bond donors (Lipinski definition) is 1. The van der Waals surface area contributed by atoms with E-state index in [9.17, 15) is 8.78 Å². The van der Waals surface area contributed by atoms with Crippen molar-refractivity contribution >= 4 is 28.3 Å². The standard InChI is InChI=1S/C8H8BrF2NO.ClH/c9-5-1-2-6(13-4-3-12)8(11)7(5)10;/h1-2H,3-4,12H2;1H. The fourth-order valence-corrected chi connectivity index (χ4v) is 1.09. The molecule has 0 heterocycles. The van der Waals surface area contributed by atoms with Gasteiger partial charge < -0.3 is 10.5 Å². The molecule has 0 aliphatic carbocycles. The van der Waals surface area contributed by atoms with E-state index >= 15 is 0 Å². The quantitative estimate of drug-likeness (QED) is 0.867. The zero-order valence-electron chi connectivity index (χ0n) is 7.10. The van der Waals surface area contributed by atoms with Crippen LogP contribution in [-0.2, 0) is 0 Å². The van der Waals surface area contributed by atoms with Crippen molar-refractivity contribution in [3.63, 3.8) is 0 Å². The van der Waals surface area contributed by atoms with Crippen molar-refractivity contribution in [2.45, 2.75) is 0 Å². The normalized spacial score (nSPS) is 9.43. The summed E-state index contributed by atoms with van der Waals surface area (Å²) in [7, 11) is 0. The van der Waals surface area contributed by atoms with Crippen LogP contribution in [0.25, 0.3) is 0 Å². The molecule has 0 aromatic heterocycles. The molecule has 0 spiro atoms. The average molecular weight is 289 g/mol. The largest absolute Gasteiger partial charge is 0.489 e. The third-order valence-corrected chi connectivity index (χ3v) is 1.99. The van der Waals surface area contributed by atoms with E-state index in [1.165, 1.54) is 12.1 Å². The van der Waals surface area contributed by atoms with Crippen LogP contribution in [0.2, 0.25) is 0 Å². The fraction of sp³-hybridized carbons (Fsp3) is 0.250. The highest BCUT2D eigenvalue weighted by Gasteiger charge is 2.12. The lowest BCUT2D eigenvalue weighted by molar-refractivity contribution is 0.304. The van der Waals surface area contributed by atoms with Gasteiger partial charge in [-0.15, -0.1) is 12.4 Å². The minimum atomic E-state index is -0.997. The smallest absolute Gasteiger partial charge is 0.201 e. The van der Waals surface area contributed by atoms with Crippen molar-refractivity contribution in [3.8, 4) is 5.75 Å². The molecule has 2 N–H and O–H groups in total. The summed E-state index contributed by atoms with van der Waals surface area (Å²) in [5.41, 5.74) is 5.14. The highest BCUT2D eigenvalue weighted by molar-refractivity contribution is 9.10. The maximum atomic E-state index is 13.0. The van der Waals surface area contributed by atoms with E-state index in [-0.39, 0.29) is 35.8 Å². The Labute approximate surface area is 95.0 Å². The molecule has 1 aromatic rings. The second kappa shape index (κ2) is 6.16. The maximum absolute atomic E-state index is 13.0. The van der Waals surface area contributed by atoms with Crippen molar-refractivity contribution in [2.75, 3.05) is 13.2 Å². The van der Waals surface area contributed by atoms with E-state index < -0.39 is 11.6 Å². The van der Waals surface area contributed by atoms with Gasteiger partial charge in [-0.2, -0.15) is 4.39 Å². The molecule has 0 fully saturated rings. The Morgan fingerprint density at radius 2 is 1.93 bits per heavy atom. The van der Waals surface area contributed by atoms with Gasteiger partial charge in [0.25, 0.3) is 0 Å². The molecule has 0 radical (unpaired) electrons. The lowest BCUT2D eigenvalue weighted by Crippen LogP contribution is -2.11. The number of ether oxygens (including phenoxy) is 1. The summed E-state index contributed by atoms with van der Waals surface area (Å²) in [6.45, 7) is 0.426. The molecule has 0 atom stereocenters. The summed E-state index contributed by atoms with van der Waals surface area (Å²) in [6.07, 6.45) is 0. The van der Waals surface area contributed by atoms with Gasteiger partial charge in [0, 0.05) is 6.54 Å². The molecule has 0 amide bonds. The van der Waals surface area contributed by atoms with Crippen molar-refractivity contribution in [1.82, 2.24) is 0 Å². The first-order chi connectivity index (χ1) is 6.16. The van der Waals surface area contributed by atoms with Crippen LogP contribution in [0, 0.1) is 11.6 Å². The van der Waals surface area contributed by atoms with E-state index in [0.29, 0.717) is 0 Å². The topological polar surface area (TPSA) is 35.2 Å². The summed E-state index contributed by atoms with van der Waals surface area (Å²) in [5.74, 6) is -2.07. The molecule has 0 aliphatic heterocycles. The minimum absolute atomic E-state index is 0. The van der Waals surface area contributed by atoms with Crippen molar-refractivity contribution in [3.05, 3.63) is 28.2 Å². The van der Waals surface area contributed by atoms with Crippen LogP contribution in [0.1, 0.15) is 0 Å². The Morgan fingerprint density at radius 3 is 2.50 bits per heavy atom. The summed E-state index contributed by atoms with van der Waals surface area (Å²) in [6, 6.07) is 2.72. The molecule has 0 saturated carbocycles. The lowest BCUT2D eigenvalue weighted by atomic mass is 10.3. The first-order valence-electron chi connectivity index (χ1n) is 3.63. The third-order valence-electron chi connectivity index (χ3n) is 1.38. The zero-order valence-corrected chi connectivity index (χ0v) is 9.50. The van der Waals surface area contributed by atoms with Crippen LogP contribution in [0.3, 0.4) is 0 Å². The van der Waals surface area contributed by atoms with Gasteiger partial charge >= 0.3 is 0 Å². The summed E-state index contributed by atoms with van der Waals surface area (Å²) in [4.78, 5) is 0. The van der Waals surface area contributed by atoms with Crippen LogP contribution < -0.4 is 10.5 Å². The highest BCUT2D eigenvalue weighted by atomic mass is 79.9. The summed E-state index contributed by atoms with van der Waals surface area (Å²) in [5, 5.41) is 0. The Balaban J connectivity index is 0.00000169. The Morgan fingerprint density at radius 1 is 1.29 bits per heavy atom. The Hall–Kier alpha value is -0.390. The van der Waals surface area contributed by atoms with Gasteiger partial charge in [0.2, 0.25) is 5.82 Å². The van der Waals surface area contributed by atoms with Crippen LogP contribution in [-0.4, -0.2) is 13.2 Å². The highest BCUT2D eigenvalue weighted by Crippen LogP contribution is 2.25. The second-order valence-electron chi connectivity index (χ2n) is 2.31. The first-order valence-corrected chi connectivity index (χ1v) is 4.42. The molecule has 80 valence electrons.